The number of halogens is 1. The summed E-state index contributed by atoms with van der Waals surface area (Å²) < 4.78 is 5.52. The highest BCUT2D eigenvalue weighted by molar-refractivity contribution is 5.85. The van der Waals surface area contributed by atoms with E-state index in [2.05, 4.69) is 34.5 Å². The van der Waals surface area contributed by atoms with Crippen molar-refractivity contribution in [2.75, 3.05) is 32.8 Å². The molecule has 5 heteroatoms. The molecule has 0 saturated carbocycles. The molecular formula is C18H27ClN2O2. The third-order valence-corrected chi connectivity index (χ3v) is 4.80. The van der Waals surface area contributed by atoms with Gasteiger partial charge in [-0.3, -0.25) is 4.79 Å². The second-order valence-corrected chi connectivity index (χ2v) is 6.31. The number of ether oxygens (including phenoxy) is 1. The second-order valence-electron chi connectivity index (χ2n) is 6.31. The van der Waals surface area contributed by atoms with Gasteiger partial charge in [0.15, 0.2) is 0 Å². The molecule has 1 N–H and O–H groups in total. The van der Waals surface area contributed by atoms with E-state index in [0.717, 1.165) is 51.9 Å². The van der Waals surface area contributed by atoms with Crippen LogP contribution in [0.3, 0.4) is 0 Å². The molecule has 0 radical (unpaired) electrons. The predicted octanol–water partition coefficient (Wildman–Crippen LogP) is 2.27. The number of hydrogen-bond donors (Lipinski definition) is 1. The van der Waals surface area contributed by atoms with Crippen molar-refractivity contribution in [3.8, 4) is 0 Å². The average Bonchev–Trinajstić information content (AvgIpc) is 3.11. The first-order valence-electron chi connectivity index (χ1n) is 8.47. The number of benzene rings is 1. The molecule has 1 amide bonds. The first-order valence-corrected chi connectivity index (χ1v) is 8.47. The molecule has 2 heterocycles. The van der Waals surface area contributed by atoms with E-state index < -0.39 is 0 Å². The zero-order valence-electron chi connectivity index (χ0n) is 13.6. The van der Waals surface area contributed by atoms with Crippen molar-refractivity contribution in [2.45, 2.75) is 31.7 Å². The third kappa shape index (κ3) is 4.93. The van der Waals surface area contributed by atoms with Gasteiger partial charge in [0, 0.05) is 19.1 Å². The lowest BCUT2D eigenvalue weighted by Gasteiger charge is -2.33. The Kier molecular flexibility index (Phi) is 7.34. The maximum Gasteiger partial charge on any atom is 0.226 e. The van der Waals surface area contributed by atoms with Crippen LogP contribution in [0.1, 0.15) is 24.8 Å². The normalized spacial score (nSPS) is 21.7. The van der Waals surface area contributed by atoms with Crippen LogP contribution in [0, 0.1) is 5.92 Å². The molecule has 1 atom stereocenters. The minimum absolute atomic E-state index is 0. The smallest absolute Gasteiger partial charge is 0.226 e. The predicted molar refractivity (Wildman–Crippen MR) is 93.9 cm³/mol. The molecule has 3 rings (SSSR count). The van der Waals surface area contributed by atoms with E-state index in [9.17, 15) is 4.79 Å². The van der Waals surface area contributed by atoms with Gasteiger partial charge in [-0.1, -0.05) is 30.3 Å². The number of carbonyl (C=O) groups is 1. The number of hydrogen-bond acceptors (Lipinski definition) is 3. The quantitative estimate of drug-likeness (QED) is 0.895. The van der Waals surface area contributed by atoms with E-state index in [-0.39, 0.29) is 24.4 Å². The maximum absolute atomic E-state index is 12.9. The van der Waals surface area contributed by atoms with Gasteiger partial charge in [-0.05, 0) is 44.3 Å². The second kappa shape index (κ2) is 9.26. The summed E-state index contributed by atoms with van der Waals surface area (Å²) in [5, 5.41) is 3.34. The molecule has 2 aliphatic heterocycles. The van der Waals surface area contributed by atoms with Crippen LogP contribution in [-0.4, -0.2) is 49.7 Å². The Hall–Kier alpha value is -1.10. The Bertz CT molecular complexity index is 471. The van der Waals surface area contributed by atoms with Crippen LogP contribution in [0.4, 0.5) is 0 Å². The van der Waals surface area contributed by atoms with Gasteiger partial charge in [-0.25, -0.2) is 0 Å². The van der Waals surface area contributed by atoms with Crippen LogP contribution < -0.4 is 5.32 Å². The number of piperidine rings is 1. The topological polar surface area (TPSA) is 41.6 Å². The molecule has 1 aromatic carbocycles. The molecule has 0 aromatic heterocycles. The maximum atomic E-state index is 12.9. The highest BCUT2D eigenvalue weighted by Crippen LogP contribution is 2.21. The van der Waals surface area contributed by atoms with Crippen molar-refractivity contribution in [3.05, 3.63) is 35.9 Å². The lowest BCUT2D eigenvalue weighted by molar-refractivity contribution is -0.138. The van der Waals surface area contributed by atoms with Crippen LogP contribution in [-0.2, 0) is 16.0 Å². The summed E-state index contributed by atoms with van der Waals surface area (Å²) >= 11 is 0. The van der Waals surface area contributed by atoms with E-state index in [1.807, 2.05) is 6.07 Å². The zero-order chi connectivity index (χ0) is 15.2. The first kappa shape index (κ1) is 18.2. The highest BCUT2D eigenvalue weighted by atomic mass is 35.5. The fourth-order valence-electron chi connectivity index (χ4n) is 3.44. The summed E-state index contributed by atoms with van der Waals surface area (Å²) in [6, 6.07) is 10.7. The molecule has 1 unspecified atom stereocenters. The molecule has 0 spiro atoms. The summed E-state index contributed by atoms with van der Waals surface area (Å²) in [6.45, 7) is 4.21. The van der Waals surface area contributed by atoms with E-state index in [1.54, 1.807) is 0 Å². The number of rotatable bonds is 5. The van der Waals surface area contributed by atoms with Gasteiger partial charge >= 0.3 is 0 Å². The van der Waals surface area contributed by atoms with Crippen LogP contribution in [0.2, 0.25) is 0 Å². The lowest BCUT2D eigenvalue weighted by Crippen LogP contribution is -2.47. The molecule has 2 aliphatic rings. The molecule has 128 valence electrons. The highest BCUT2D eigenvalue weighted by Gasteiger charge is 2.32. The zero-order valence-corrected chi connectivity index (χ0v) is 14.4. The van der Waals surface area contributed by atoms with Crippen LogP contribution in [0.25, 0.3) is 0 Å². The Labute approximate surface area is 145 Å². The Balaban J connectivity index is 0.00000192. The first-order chi connectivity index (χ1) is 10.8. The van der Waals surface area contributed by atoms with Crippen molar-refractivity contribution in [3.63, 3.8) is 0 Å². The van der Waals surface area contributed by atoms with E-state index in [0.29, 0.717) is 12.5 Å². The monoisotopic (exact) mass is 338 g/mol. The van der Waals surface area contributed by atoms with Crippen LogP contribution >= 0.6 is 12.4 Å². The van der Waals surface area contributed by atoms with E-state index in [4.69, 9.17) is 4.74 Å². The molecule has 2 saturated heterocycles. The number of carbonyl (C=O) groups excluding carboxylic acids is 1. The summed E-state index contributed by atoms with van der Waals surface area (Å²) in [6.07, 6.45) is 3.84. The van der Waals surface area contributed by atoms with Crippen molar-refractivity contribution in [1.29, 1.82) is 0 Å². The fraction of sp³-hybridized carbons (Fsp3) is 0.611. The fourth-order valence-corrected chi connectivity index (χ4v) is 3.44. The van der Waals surface area contributed by atoms with Gasteiger partial charge < -0.3 is 15.0 Å². The summed E-state index contributed by atoms with van der Waals surface area (Å²) in [7, 11) is 0. The van der Waals surface area contributed by atoms with Crippen molar-refractivity contribution < 1.29 is 9.53 Å². The van der Waals surface area contributed by atoms with Crippen LogP contribution in [0.15, 0.2) is 30.3 Å². The Morgan fingerprint density at radius 3 is 2.57 bits per heavy atom. The summed E-state index contributed by atoms with van der Waals surface area (Å²) in [5.41, 5.74) is 1.30. The molecule has 0 bridgehead atoms. The average molecular weight is 339 g/mol. The number of nitrogens with zero attached hydrogens (tertiary/aromatic N) is 1. The van der Waals surface area contributed by atoms with Gasteiger partial charge in [0.2, 0.25) is 5.91 Å². The molecular weight excluding hydrogens is 312 g/mol. The van der Waals surface area contributed by atoms with Gasteiger partial charge in [0.05, 0.1) is 12.6 Å². The van der Waals surface area contributed by atoms with Crippen molar-refractivity contribution in [1.82, 2.24) is 10.2 Å². The van der Waals surface area contributed by atoms with Crippen LogP contribution in [0.5, 0.6) is 0 Å². The van der Waals surface area contributed by atoms with Gasteiger partial charge in [-0.15, -0.1) is 12.4 Å². The third-order valence-electron chi connectivity index (χ3n) is 4.80. The lowest BCUT2D eigenvalue weighted by atomic mass is 9.95. The van der Waals surface area contributed by atoms with Gasteiger partial charge in [0.25, 0.3) is 0 Å². The number of amides is 1. The summed E-state index contributed by atoms with van der Waals surface area (Å²) in [5.74, 6) is 0.533. The van der Waals surface area contributed by atoms with Gasteiger partial charge in [0.1, 0.15) is 0 Å². The van der Waals surface area contributed by atoms with Crippen molar-refractivity contribution >= 4 is 18.3 Å². The number of nitrogens with one attached hydrogen (secondary N) is 1. The Morgan fingerprint density at radius 1 is 1.17 bits per heavy atom. The largest absolute Gasteiger partial charge is 0.379 e. The molecule has 0 aliphatic carbocycles. The molecule has 2 fully saturated rings. The summed E-state index contributed by atoms with van der Waals surface area (Å²) in [4.78, 5) is 15.1. The molecule has 23 heavy (non-hydrogen) atoms. The van der Waals surface area contributed by atoms with E-state index in [1.165, 1.54) is 5.56 Å². The molecule has 1 aromatic rings. The minimum atomic E-state index is 0. The molecule has 4 nitrogen and oxygen atoms in total. The Morgan fingerprint density at radius 2 is 1.91 bits per heavy atom. The van der Waals surface area contributed by atoms with E-state index >= 15 is 0 Å². The standard InChI is InChI=1S/C18H26N2O2.ClH/c21-18(16-6-10-19-11-7-16)20(17-9-13-22-14-17)12-8-15-4-2-1-3-5-15;/h1-5,16-17,19H,6-14H2;1H. The minimum Gasteiger partial charge on any atom is -0.379 e. The van der Waals surface area contributed by atoms with Gasteiger partial charge in [-0.2, -0.15) is 0 Å². The van der Waals surface area contributed by atoms with Crippen molar-refractivity contribution in [2.24, 2.45) is 5.92 Å². The SMILES string of the molecule is Cl.O=C(C1CCNCC1)N(CCc1ccccc1)C1CCOC1.